The van der Waals surface area contributed by atoms with Crippen LogP contribution in [0.15, 0.2) is 48.5 Å². The van der Waals surface area contributed by atoms with Crippen molar-refractivity contribution in [1.29, 1.82) is 5.41 Å². The summed E-state index contributed by atoms with van der Waals surface area (Å²) < 4.78 is 0. The van der Waals surface area contributed by atoms with Crippen molar-refractivity contribution in [3.05, 3.63) is 65.2 Å². The molecule has 26 heavy (non-hydrogen) atoms. The van der Waals surface area contributed by atoms with E-state index in [-0.39, 0.29) is 6.04 Å². The Balaban J connectivity index is 2.00. The minimum absolute atomic E-state index is 0.205. The summed E-state index contributed by atoms with van der Waals surface area (Å²) in [5.41, 5.74) is 6.11. The summed E-state index contributed by atoms with van der Waals surface area (Å²) in [6.45, 7) is 9.35. The summed E-state index contributed by atoms with van der Waals surface area (Å²) in [5, 5.41) is 9.03. The van der Waals surface area contributed by atoms with Crippen LogP contribution in [-0.4, -0.2) is 18.5 Å². The number of guanidine groups is 1. The molecule has 0 atom stereocenters. The second-order valence-corrected chi connectivity index (χ2v) is 7.01. The van der Waals surface area contributed by atoms with Crippen LogP contribution in [0.3, 0.4) is 0 Å². The molecule has 0 amide bonds. The van der Waals surface area contributed by atoms with Crippen molar-refractivity contribution in [2.45, 2.75) is 46.6 Å². The number of rotatable bonds is 5. The van der Waals surface area contributed by atoms with Gasteiger partial charge in [0, 0.05) is 23.8 Å². The molecule has 3 nitrogen and oxygen atoms in total. The molecule has 0 saturated heterocycles. The summed E-state index contributed by atoms with van der Waals surface area (Å²) in [6.07, 6.45) is 6.39. The van der Waals surface area contributed by atoms with Crippen molar-refractivity contribution in [2.75, 3.05) is 16.3 Å². The number of allylic oxidation sites excluding steroid dienone is 1. The molecule has 0 bridgehead atoms. The van der Waals surface area contributed by atoms with Gasteiger partial charge in [0.15, 0.2) is 0 Å². The van der Waals surface area contributed by atoms with Crippen molar-refractivity contribution in [2.24, 2.45) is 0 Å². The molecule has 1 aliphatic carbocycles. The molecular weight excluding hydrogens is 318 g/mol. The van der Waals surface area contributed by atoms with Crippen molar-refractivity contribution < 1.29 is 0 Å². The maximum Gasteiger partial charge on any atom is 0.203 e. The van der Waals surface area contributed by atoms with Crippen LogP contribution in [0.4, 0.5) is 11.4 Å². The smallest absolute Gasteiger partial charge is 0.203 e. The normalized spacial score (nSPS) is 12.3. The Bertz CT molecular complexity index is 820. The van der Waals surface area contributed by atoms with Gasteiger partial charge in [-0.3, -0.25) is 5.41 Å². The molecule has 0 unspecified atom stereocenters. The maximum absolute atomic E-state index is 9.03. The van der Waals surface area contributed by atoms with Gasteiger partial charge in [-0.05, 0) is 62.9 Å². The summed E-state index contributed by atoms with van der Waals surface area (Å²) in [4.78, 5) is 4.24. The molecular formula is C23H29N3. The van der Waals surface area contributed by atoms with Gasteiger partial charge < -0.3 is 9.80 Å². The van der Waals surface area contributed by atoms with Gasteiger partial charge in [0.2, 0.25) is 5.96 Å². The van der Waals surface area contributed by atoms with Crippen LogP contribution in [0.25, 0.3) is 6.08 Å². The average molecular weight is 348 g/mol. The molecule has 2 aromatic carbocycles. The zero-order valence-corrected chi connectivity index (χ0v) is 16.3. The van der Waals surface area contributed by atoms with Gasteiger partial charge >= 0.3 is 0 Å². The summed E-state index contributed by atoms with van der Waals surface area (Å²) in [5.74, 6) is 0.532. The van der Waals surface area contributed by atoms with E-state index in [1.165, 1.54) is 16.7 Å². The van der Waals surface area contributed by atoms with Gasteiger partial charge in [0.25, 0.3) is 0 Å². The highest BCUT2D eigenvalue weighted by Gasteiger charge is 2.24. The standard InChI is InChI=1S/C23H29N3/c1-5-18-10-7-13-20(16-18)26(17(3)4)23(24)25(6-2)22-15-9-12-19-11-8-14-21(19)22/h7-10,12-17,24H,5-6,11H2,1-4H3. The van der Waals surface area contributed by atoms with Crippen LogP contribution in [-0.2, 0) is 12.8 Å². The fraction of sp³-hybridized carbons (Fsp3) is 0.348. The second kappa shape index (κ2) is 7.77. The van der Waals surface area contributed by atoms with Crippen molar-refractivity contribution >= 4 is 23.4 Å². The third kappa shape index (κ3) is 3.39. The highest BCUT2D eigenvalue weighted by atomic mass is 15.4. The molecule has 0 spiro atoms. The van der Waals surface area contributed by atoms with Crippen LogP contribution in [0.2, 0.25) is 0 Å². The van der Waals surface area contributed by atoms with Crippen molar-refractivity contribution in [3.8, 4) is 0 Å². The minimum Gasteiger partial charge on any atom is -0.312 e. The Morgan fingerprint density at radius 2 is 1.88 bits per heavy atom. The number of aryl methyl sites for hydroxylation is 1. The number of nitrogens with one attached hydrogen (secondary N) is 1. The summed E-state index contributed by atoms with van der Waals surface area (Å²) in [7, 11) is 0. The van der Waals surface area contributed by atoms with E-state index >= 15 is 0 Å². The molecule has 1 N–H and O–H groups in total. The molecule has 136 valence electrons. The quantitative estimate of drug-likeness (QED) is 0.572. The Kier molecular flexibility index (Phi) is 5.46. The van der Waals surface area contributed by atoms with E-state index in [2.05, 4.69) is 92.1 Å². The molecule has 2 aromatic rings. The molecule has 0 fully saturated rings. The molecule has 0 radical (unpaired) electrons. The van der Waals surface area contributed by atoms with E-state index in [9.17, 15) is 0 Å². The predicted molar refractivity (Wildman–Crippen MR) is 113 cm³/mol. The topological polar surface area (TPSA) is 30.3 Å². The van der Waals surface area contributed by atoms with E-state index in [1.807, 2.05) is 0 Å². The van der Waals surface area contributed by atoms with E-state index in [0.717, 1.165) is 30.8 Å². The predicted octanol–water partition coefficient (Wildman–Crippen LogP) is 5.49. The first kappa shape index (κ1) is 18.2. The monoisotopic (exact) mass is 347 g/mol. The molecule has 0 aliphatic heterocycles. The van der Waals surface area contributed by atoms with Gasteiger partial charge in [-0.15, -0.1) is 0 Å². The molecule has 3 rings (SSSR count). The van der Waals surface area contributed by atoms with E-state index in [1.54, 1.807) is 0 Å². The van der Waals surface area contributed by atoms with E-state index in [4.69, 9.17) is 5.41 Å². The maximum atomic E-state index is 9.03. The fourth-order valence-electron chi connectivity index (χ4n) is 3.66. The minimum atomic E-state index is 0.205. The fourth-order valence-corrected chi connectivity index (χ4v) is 3.66. The molecule has 3 heteroatoms. The van der Waals surface area contributed by atoms with Crippen LogP contribution in [0.5, 0.6) is 0 Å². The number of hydrogen-bond donors (Lipinski definition) is 1. The van der Waals surface area contributed by atoms with Crippen LogP contribution in [0.1, 0.15) is 44.4 Å². The molecule has 0 saturated carbocycles. The first-order chi connectivity index (χ1) is 12.6. The molecule has 0 heterocycles. The lowest BCUT2D eigenvalue weighted by Gasteiger charge is -2.36. The number of hydrogen-bond acceptors (Lipinski definition) is 1. The van der Waals surface area contributed by atoms with Gasteiger partial charge in [-0.2, -0.15) is 0 Å². The van der Waals surface area contributed by atoms with Crippen LogP contribution in [0, 0.1) is 5.41 Å². The van der Waals surface area contributed by atoms with E-state index < -0.39 is 0 Å². The first-order valence-electron chi connectivity index (χ1n) is 9.59. The second-order valence-electron chi connectivity index (χ2n) is 7.01. The third-order valence-corrected chi connectivity index (χ3v) is 5.00. The highest BCUT2D eigenvalue weighted by Crippen LogP contribution is 2.31. The summed E-state index contributed by atoms with van der Waals surface area (Å²) >= 11 is 0. The Morgan fingerprint density at radius 1 is 1.12 bits per heavy atom. The molecule has 0 aromatic heterocycles. The van der Waals surface area contributed by atoms with Crippen molar-refractivity contribution in [3.63, 3.8) is 0 Å². The Hall–Kier alpha value is -2.55. The average Bonchev–Trinajstić information content (AvgIpc) is 3.12. The van der Waals surface area contributed by atoms with Crippen LogP contribution >= 0.6 is 0 Å². The number of fused-ring (bicyclic) bond motifs is 1. The third-order valence-electron chi connectivity index (χ3n) is 5.00. The zero-order chi connectivity index (χ0) is 18.7. The SMILES string of the molecule is CCc1cccc(N(C(=N)N(CC)c2cccc3c2C=CC3)C(C)C)c1. The van der Waals surface area contributed by atoms with Gasteiger partial charge in [0.1, 0.15) is 0 Å². The number of nitrogens with zero attached hydrogens (tertiary/aromatic N) is 2. The zero-order valence-electron chi connectivity index (χ0n) is 16.3. The number of benzene rings is 2. The lowest BCUT2D eigenvalue weighted by Crippen LogP contribution is -2.47. The van der Waals surface area contributed by atoms with E-state index in [0.29, 0.717) is 5.96 Å². The molecule has 1 aliphatic rings. The van der Waals surface area contributed by atoms with Crippen LogP contribution < -0.4 is 9.80 Å². The van der Waals surface area contributed by atoms with Gasteiger partial charge in [0.05, 0.1) is 5.69 Å². The van der Waals surface area contributed by atoms with Gasteiger partial charge in [-0.25, -0.2) is 0 Å². The summed E-state index contributed by atoms with van der Waals surface area (Å²) in [6, 6.07) is 15.2. The Labute approximate surface area is 157 Å². The largest absolute Gasteiger partial charge is 0.312 e. The Morgan fingerprint density at radius 3 is 2.58 bits per heavy atom. The lowest BCUT2D eigenvalue weighted by molar-refractivity contribution is 0.786. The van der Waals surface area contributed by atoms with Crippen molar-refractivity contribution in [1.82, 2.24) is 0 Å². The first-order valence-corrected chi connectivity index (χ1v) is 9.59. The lowest BCUT2D eigenvalue weighted by atomic mass is 10.1. The highest BCUT2D eigenvalue weighted by molar-refractivity contribution is 6.06. The van der Waals surface area contributed by atoms with Gasteiger partial charge in [-0.1, -0.05) is 43.3 Å². The number of anilines is 2.